The predicted molar refractivity (Wildman–Crippen MR) is 96.2 cm³/mol. The van der Waals surface area contributed by atoms with Crippen LogP contribution in [-0.4, -0.2) is 48.9 Å². The number of hydrogen-bond donors (Lipinski definition) is 1. The first kappa shape index (κ1) is 14.3. The molecule has 0 aliphatic carbocycles. The second-order valence-electron chi connectivity index (χ2n) is 6.42. The van der Waals surface area contributed by atoms with E-state index >= 15 is 0 Å². The number of anilines is 2. The topological polar surface area (TPSA) is 30.9 Å². The normalized spacial score (nSPS) is 17.7. The van der Waals surface area contributed by atoms with Crippen LogP contribution >= 0.6 is 0 Å². The molecule has 0 saturated carbocycles. The number of amidine groups is 1. The van der Waals surface area contributed by atoms with Crippen LogP contribution in [0.3, 0.4) is 0 Å². The van der Waals surface area contributed by atoms with Gasteiger partial charge in [0.15, 0.2) is 0 Å². The third-order valence-corrected chi connectivity index (χ3v) is 4.62. The molecule has 0 amide bonds. The summed E-state index contributed by atoms with van der Waals surface area (Å²) < 4.78 is 0. The molecule has 0 radical (unpaired) electrons. The Bertz CT molecular complexity index is 758. The largest absolute Gasteiger partial charge is 0.353 e. The summed E-state index contributed by atoms with van der Waals surface area (Å²) in [5.41, 5.74) is 5.68. The van der Waals surface area contributed by atoms with Crippen LogP contribution in [0.25, 0.3) is 0 Å². The molecular formula is C19H22N4. The minimum Gasteiger partial charge on any atom is -0.353 e. The van der Waals surface area contributed by atoms with E-state index in [1.165, 1.54) is 11.1 Å². The molecule has 2 aliphatic heterocycles. The maximum atomic E-state index is 5.02. The summed E-state index contributed by atoms with van der Waals surface area (Å²) in [6.45, 7) is 6.33. The van der Waals surface area contributed by atoms with Crippen LogP contribution in [0.4, 0.5) is 17.1 Å². The second-order valence-corrected chi connectivity index (χ2v) is 6.42. The van der Waals surface area contributed by atoms with Gasteiger partial charge in [-0.15, -0.1) is 0 Å². The first-order chi connectivity index (χ1) is 11.2. The molecule has 4 heteroatoms. The standard InChI is InChI=1S/C19H22N4/c1-14-7-8-15-18(13-14)20-16-5-3-4-6-17(16)21-19(15)23-11-9-22(2)10-12-23/h3-8,13,20H,9-12H2,1-2H3. The minimum atomic E-state index is 1.01. The maximum absolute atomic E-state index is 5.02. The van der Waals surface area contributed by atoms with E-state index in [1.54, 1.807) is 0 Å². The van der Waals surface area contributed by atoms with E-state index in [9.17, 15) is 0 Å². The molecule has 2 aromatic carbocycles. The van der Waals surface area contributed by atoms with E-state index in [-0.39, 0.29) is 0 Å². The van der Waals surface area contributed by atoms with Crippen LogP contribution in [-0.2, 0) is 0 Å². The van der Waals surface area contributed by atoms with Crippen molar-refractivity contribution in [3.05, 3.63) is 53.6 Å². The Balaban J connectivity index is 1.83. The van der Waals surface area contributed by atoms with Gasteiger partial charge in [-0.05, 0) is 43.8 Å². The highest BCUT2D eigenvalue weighted by atomic mass is 15.3. The number of nitrogens with zero attached hydrogens (tertiary/aromatic N) is 3. The number of piperazine rings is 1. The lowest BCUT2D eigenvalue weighted by Crippen LogP contribution is -2.47. The summed E-state index contributed by atoms with van der Waals surface area (Å²) >= 11 is 0. The summed E-state index contributed by atoms with van der Waals surface area (Å²) in [6, 6.07) is 14.9. The molecule has 1 fully saturated rings. The lowest BCUT2D eigenvalue weighted by atomic mass is 10.1. The van der Waals surface area contributed by atoms with E-state index in [0.29, 0.717) is 0 Å². The van der Waals surface area contributed by atoms with Crippen molar-refractivity contribution in [2.75, 3.05) is 38.5 Å². The summed E-state index contributed by atoms with van der Waals surface area (Å²) in [5, 5.41) is 3.57. The summed E-state index contributed by atoms with van der Waals surface area (Å²) in [6.07, 6.45) is 0. The highest BCUT2D eigenvalue weighted by molar-refractivity contribution is 6.07. The lowest BCUT2D eigenvalue weighted by molar-refractivity contribution is 0.216. The Morgan fingerprint density at radius 3 is 2.57 bits per heavy atom. The Morgan fingerprint density at radius 1 is 0.957 bits per heavy atom. The van der Waals surface area contributed by atoms with Crippen LogP contribution in [0.1, 0.15) is 11.1 Å². The molecule has 0 aromatic heterocycles. The van der Waals surface area contributed by atoms with Gasteiger partial charge in [-0.3, -0.25) is 0 Å². The van der Waals surface area contributed by atoms with Crippen molar-refractivity contribution in [1.29, 1.82) is 0 Å². The number of hydrogen-bond acceptors (Lipinski definition) is 4. The Morgan fingerprint density at radius 2 is 1.74 bits per heavy atom. The van der Waals surface area contributed by atoms with Gasteiger partial charge in [0.1, 0.15) is 5.84 Å². The number of benzene rings is 2. The monoisotopic (exact) mass is 306 g/mol. The fourth-order valence-electron chi connectivity index (χ4n) is 3.21. The molecule has 0 spiro atoms. The van der Waals surface area contributed by atoms with E-state index in [4.69, 9.17) is 4.99 Å². The van der Waals surface area contributed by atoms with Crippen molar-refractivity contribution in [3.63, 3.8) is 0 Å². The SMILES string of the molecule is Cc1ccc2c(c1)Nc1ccccc1N=C2N1CCN(C)CC1. The van der Waals surface area contributed by atoms with Crippen LogP contribution in [0.2, 0.25) is 0 Å². The molecule has 0 unspecified atom stereocenters. The lowest BCUT2D eigenvalue weighted by Gasteiger charge is -2.34. The van der Waals surface area contributed by atoms with Gasteiger partial charge in [-0.1, -0.05) is 18.2 Å². The average Bonchev–Trinajstić information content (AvgIpc) is 2.71. The van der Waals surface area contributed by atoms with Gasteiger partial charge in [0, 0.05) is 37.4 Å². The van der Waals surface area contributed by atoms with Crippen molar-refractivity contribution < 1.29 is 0 Å². The van der Waals surface area contributed by atoms with Crippen molar-refractivity contribution >= 4 is 22.9 Å². The average molecular weight is 306 g/mol. The molecule has 1 saturated heterocycles. The second kappa shape index (κ2) is 5.70. The highest BCUT2D eigenvalue weighted by Crippen LogP contribution is 2.35. The number of nitrogens with one attached hydrogen (secondary N) is 1. The fourth-order valence-corrected chi connectivity index (χ4v) is 3.21. The first-order valence-corrected chi connectivity index (χ1v) is 8.20. The van der Waals surface area contributed by atoms with Crippen LogP contribution in [0.5, 0.6) is 0 Å². The van der Waals surface area contributed by atoms with E-state index in [2.05, 4.69) is 65.5 Å². The molecular weight excluding hydrogens is 284 g/mol. The number of rotatable bonds is 0. The minimum absolute atomic E-state index is 1.01. The predicted octanol–water partition coefficient (Wildman–Crippen LogP) is 3.38. The molecule has 0 bridgehead atoms. The van der Waals surface area contributed by atoms with Crippen molar-refractivity contribution in [3.8, 4) is 0 Å². The smallest absolute Gasteiger partial charge is 0.138 e. The third kappa shape index (κ3) is 2.70. The Hall–Kier alpha value is -2.33. The van der Waals surface area contributed by atoms with Crippen LogP contribution < -0.4 is 5.32 Å². The summed E-state index contributed by atoms with van der Waals surface area (Å²) in [7, 11) is 2.18. The Kier molecular flexibility index (Phi) is 3.54. The fraction of sp³-hybridized carbons (Fsp3) is 0.316. The number of aryl methyl sites for hydroxylation is 1. The maximum Gasteiger partial charge on any atom is 0.138 e. The molecule has 2 aromatic rings. The molecule has 2 heterocycles. The molecule has 0 atom stereocenters. The molecule has 23 heavy (non-hydrogen) atoms. The highest BCUT2D eigenvalue weighted by Gasteiger charge is 2.23. The third-order valence-electron chi connectivity index (χ3n) is 4.62. The van der Waals surface area contributed by atoms with Gasteiger partial charge in [-0.25, -0.2) is 4.99 Å². The zero-order valence-corrected chi connectivity index (χ0v) is 13.7. The van der Waals surface area contributed by atoms with Crippen molar-refractivity contribution in [2.24, 2.45) is 4.99 Å². The van der Waals surface area contributed by atoms with E-state index in [0.717, 1.165) is 49.1 Å². The molecule has 4 rings (SSSR count). The van der Waals surface area contributed by atoms with Gasteiger partial charge < -0.3 is 15.1 Å². The van der Waals surface area contributed by atoms with Crippen LogP contribution in [0, 0.1) is 6.92 Å². The number of para-hydroxylation sites is 2. The van der Waals surface area contributed by atoms with Gasteiger partial charge in [0.2, 0.25) is 0 Å². The van der Waals surface area contributed by atoms with Gasteiger partial charge in [0.05, 0.1) is 11.4 Å². The first-order valence-electron chi connectivity index (χ1n) is 8.20. The van der Waals surface area contributed by atoms with Crippen molar-refractivity contribution in [2.45, 2.75) is 6.92 Å². The number of aliphatic imine (C=N–C) groups is 1. The summed E-state index contributed by atoms with van der Waals surface area (Å²) in [4.78, 5) is 9.81. The quantitative estimate of drug-likeness (QED) is 0.809. The van der Waals surface area contributed by atoms with Crippen LogP contribution in [0.15, 0.2) is 47.5 Å². The zero-order valence-electron chi connectivity index (χ0n) is 13.7. The Labute approximate surface area is 137 Å². The summed E-state index contributed by atoms with van der Waals surface area (Å²) in [5.74, 6) is 1.09. The molecule has 118 valence electrons. The van der Waals surface area contributed by atoms with Gasteiger partial charge >= 0.3 is 0 Å². The molecule has 4 nitrogen and oxygen atoms in total. The van der Waals surface area contributed by atoms with Crippen molar-refractivity contribution in [1.82, 2.24) is 9.80 Å². The van der Waals surface area contributed by atoms with Gasteiger partial charge in [-0.2, -0.15) is 0 Å². The van der Waals surface area contributed by atoms with E-state index in [1.807, 2.05) is 6.07 Å². The zero-order chi connectivity index (χ0) is 15.8. The van der Waals surface area contributed by atoms with Gasteiger partial charge in [0.25, 0.3) is 0 Å². The number of likely N-dealkylation sites (N-methyl/N-ethyl adjacent to an activating group) is 1. The van der Waals surface area contributed by atoms with E-state index < -0.39 is 0 Å². The molecule has 1 N–H and O–H groups in total. The molecule has 2 aliphatic rings. The number of fused-ring (bicyclic) bond motifs is 2.